The second-order valence-corrected chi connectivity index (χ2v) is 15.1. The quantitative estimate of drug-likeness (QED) is 0.176. The zero-order chi connectivity index (χ0) is 33.7. The van der Waals surface area contributed by atoms with Crippen LogP contribution in [0, 0.1) is 0 Å². The maximum Gasteiger partial charge on any atom is 0.352 e. The molecule has 5 heterocycles. The van der Waals surface area contributed by atoms with E-state index < -0.39 is 62.4 Å². The van der Waals surface area contributed by atoms with Gasteiger partial charge < -0.3 is 25.7 Å². The van der Waals surface area contributed by atoms with E-state index in [4.69, 9.17) is 12.2 Å². The molecule has 3 atom stereocenters. The van der Waals surface area contributed by atoms with E-state index in [-0.39, 0.29) is 46.1 Å². The van der Waals surface area contributed by atoms with Gasteiger partial charge in [0.25, 0.3) is 5.88 Å². The molecule has 0 saturated carbocycles. The molecule has 2 fully saturated rings. The summed E-state index contributed by atoms with van der Waals surface area (Å²) in [5, 5.41) is 33.2. The number of rotatable bonds is 9. The van der Waals surface area contributed by atoms with Crippen molar-refractivity contribution in [1.29, 1.82) is 0 Å². The smallest absolute Gasteiger partial charge is 0.352 e. The van der Waals surface area contributed by atoms with E-state index in [1.165, 1.54) is 33.8 Å². The number of amides is 5. The molecule has 19 nitrogen and oxygen atoms in total. The van der Waals surface area contributed by atoms with Crippen LogP contribution in [0.4, 0.5) is 9.59 Å². The average Bonchev–Trinajstić information content (AvgIpc) is 3.66. The zero-order valence-corrected chi connectivity index (χ0v) is 28.0. The molecule has 0 radical (unpaired) electrons. The maximum atomic E-state index is 13.7. The van der Waals surface area contributed by atoms with Crippen molar-refractivity contribution in [2.45, 2.75) is 29.0 Å². The molecule has 246 valence electrons. The number of urea groups is 2. The summed E-state index contributed by atoms with van der Waals surface area (Å²) in [6.07, 6.45) is 0.832. The summed E-state index contributed by atoms with van der Waals surface area (Å²) in [5.74, 6) is -2.50. The monoisotopic (exact) mass is 732 g/mol. The second-order valence-electron chi connectivity index (χ2n) is 10.2. The van der Waals surface area contributed by atoms with E-state index in [1.807, 2.05) is 0 Å². The number of carbonyl (C=O) groups is 4. The molecular weight excluding hydrogens is 709 g/mol. The maximum absolute atomic E-state index is 13.7. The number of fused-ring (bicyclic) bond motifs is 1. The molecular formula is C22H24N10O9S5. The minimum absolute atomic E-state index is 0.0432. The highest BCUT2D eigenvalue weighted by Crippen LogP contribution is 2.47. The SMILES string of the molecule is Cn1nc(O)c(=O)nc1SCC1=C(C(=O)O)N2C(=S)[C@@](C)(NC(=O)C(NC(=O)N3CCN(S(C)(=O)=O)C3=O)c3csnn3)[C@@H]2SC1. The normalized spacial score (nSPS) is 22.0. The summed E-state index contributed by atoms with van der Waals surface area (Å²) in [4.78, 5) is 69.3. The van der Waals surface area contributed by atoms with Gasteiger partial charge >= 0.3 is 23.6 Å². The number of aliphatic carboxylic acids is 1. The number of hydrogen-bond donors (Lipinski definition) is 4. The third-order valence-electron chi connectivity index (χ3n) is 7.07. The van der Waals surface area contributed by atoms with E-state index in [2.05, 4.69) is 30.3 Å². The van der Waals surface area contributed by atoms with E-state index >= 15 is 0 Å². The fourth-order valence-corrected chi connectivity index (χ4v) is 9.12. The summed E-state index contributed by atoms with van der Waals surface area (Å²) in [6, 6.07) is -3.57. The van der Waals surface area contributed by atoms with Gasteiger partial charge in [0.1, 0.15) is 27.3 Å². The number of aromatic nitrogens is 5. The molecule has 46 heavy (non-hydrogen) atoms. The van der Waals surface area contributed by atoms with Crippen LogP contribution >= 0.6 is 47.3 Å². The first-order valence-electron chi connectivity index (χ1n) is 12.9. The van der Waals surface area contributed by atoms with Gasteiger partial charge in [0.15, 0.2) is 11.2 Å². The summed E-state index contributed by atoms with van der Waals surface area (Å²) in [6.45, 7) is 1.12. The summed E-state index contributed by atoms with van der Waals surface area (Å²) in [7, 11) is -2.45. The number of nitrogens with zero attached hydrogens (tertiary/aromatic N) is 8. The third kappa shape index (κ3) is 6.01. The number of aromatic hydroxyl groups is 1. The Balaban J connectivity index is 1.33. The lowest BCUT2D eigenvalue weighted by Crippen LogP contribution is -2.78. The molecule has 5 amide bonds. The van der Waals surface area contributed by atoms with Crippen LogP contribution in [0.15, 0.2) is 26.6 Å². The number of carbonyl (C=O) groups excluding carboxylic acids is 3. The molecule has 2 aromatic heterocycles. The van der Waals surface area contributed by atoms with Crippen LogP contribution in [0.5, 0.6) is 5.88 Å². The fourth-order valence-electron chi connectivity index (χ4n) is 4.84. The van der Waals surface area contributed by atoms with Crippen LogP contribution in [0.2, 0.25) is 0 Å². The Morgan fingerprint density at radius 2 is 2.00 bits per heavy atom. The van der Waals surface area contributed by atoms with Crippen LogP contribution in [0.1, 0.15) is 18.7 Å². The van der Waals surface area contributed by atoms with Gasteiger partial charge in [0, 0.05) is 23.9 Å². The van der Waals surface area contributed by atoms with Crippen LogP contribution in [0.3, 0.4) is 0 Å². The Kier molecular flexibility index (Phi) is 9.02. The van der Waals surface area contributed by atoms with Crippen LogP contribution in [0.25, 0.3) is 0 Å². The molecule has 0 bridgehead atoms. The Morgan fingerprint density at radius 1 is 1.28 bits per heavy atom. The highest BCUT2D eigenvalue weighted by molar-refractivity contribution is 8.01. The highest BCUT2D eigenvalue weighted by atomic mass is 32.2. The number of hydrogen-bond acceptors (Lipinski definition) is 16. The Bertz CT molecular complexity index is 1850. The van der Waals surface area contributed by atoms with Crippen molar-refractivity contribution in [3.8, 4) is 5.88 Å². The molecule has 3 aliphatic heterocycles. The van der Waals surface area contributed by atoms with Crippen molar-refractivity contribution in [2.24, 2.45) is 7.05 Å². The van der Waals surface area contributed by atoms with E-state index in [0.29, 0.717) is 14.8 Å². The van der Waals surface area contributed by atoms with Crippen molar-refractivity contribution in [2.75, 3.05) is 30.9 Å². The number of nitrogens with one attached hydrogen (secondary N) is 2. The summed E-state index contributed by atoms with van der Waals surface area (Å²) in [5.41, 5.74) is -1.77. The highest BCUT2D eigenvalue weighted by Gasteiger charge is 2.60. The first-order chi connectivity index (χ1) is 21.5. The topological polar surface area (TPSA) is 250 Å². The van der Waals surface area contributed by atoms with Gasteiger partial charge in [-0.05, 0) is 24.0 Å². The van der Waals surface area contributed by atoms with Crippen molar-refractivity contribution in [1.82, 2.24) is 49.1 Å². The van der Waals surface area contributed by atoms with Crippen molar-refractivity contribution < 1.29 is 37.8 Å². The number of sulfonamides is 1. The number of carboxylic acid groups (broad SMARTS) is 1. The van der Waals surface area contributed by atoms with Gasteiger partial charge in [-0.1, -0.05) is 28.5 Å². The third-order valence-corrected chi connectivity index (χ3v) is 12.0. The standard InChI is InChI=1S/C22H24N10O9S5/c1-22(25-13(33)11(10-8-45-28-26-10)23-19(38)30-4-5-31(21(30)39)46(3,40)41)17(42)32-12(16(36)37)9(6-43-18(22)32)7-44-20-24-14(34)15(35)27-29(20)2/h8,11,18H,4-7H2,1-3H3,(H,23,38)(H,25,33)(H,27,35)(H,36,37)/t11?,18-,22+/m0/s1. The number of thiocarbonyl (C=S) groups is 1. The summed E-state index contributed by atoms with van der Waals surface area (Å²) < 4.78 is 29.2. The average molecular weight is 733 g/mol. The van der Waals surface area contributed by atoms with Crippen LogP contribution in [-0.4, -0.2) is 128 Å². The Hall–Kier alpha value is -3.87. The molecule has 0 aromatic carbocycles. The number of carboxylic acids is 1. The zero-order valence-electron chi connectivity index (χ0n) is 23.9. The lowest BCUT2D eigenvalue weighted by atomic mass is 9.88. The molecule has 3 aliphatic rings. The fraction of sp³-hybridized carbons (Fsp3) is 0.455. The first-order valence-corrected chi connectivity index (χ1v) is 18.0. The van der Waals surface area contributed by atoms with Crippen molar-refractivity contribution >= 4 is 86.2 Å². The molecule has 2 aromatic rings. The lowest BCUT2D eigenvalue weighted by molar-refractivity contribution is -0.134. The predicted molar refractivity (Wildman–Crippen MR) is 166 cm³/mol. The Labute approximate surface area is 277 Å². The largest absolute Gasteiger partial charge is 0.488 e. The predicted octanol–water partition coefficient (Wildman–Crippen LogP) is -1.10. The van der Waals surface area contributed by atoms with Gasteiger partial charge in [0.2, 0.25) is 15.9 Å². The van der Waals surface area contributed by atoms with Gasteiger partial charge in [-0.3, -0.25) is 9.59 Å². The number of aryl methyl sites for hydroxylation is 1. The minimum Gasteiger partial charge on any atom is -0.488 e. The lowest BCUT2D eigenvalue weighted by Gasteiger charge is -2.58. The van der Waals surface area contributed by atoms with Crippen molar-refractivity contribution in [3.05, 3.63) is 32.7 Å². The van der Waals surface area contributed by atoms with Gasteiger partial charge in [-0.15, -0.1) is 22.0 Å². The van der Waals surface area contributed by atoms with Crippen LogP contribution in [-0.2, 0) is 26.7 Å². The van der Waals surface area contributed by atoms with Gasteiger partial charge in [-0.25, -0.2) is 36.7 Å². The molecule has 4 N–H and O–H groups in total. The number of imide groups is 1. The van der Waals surface area contributed by atoms with Crippen LogP contribution < -0.4 is 16.2 Å². The molecule has 0 spiro atoms. The second kappa shape index (κ2) is 12.4. The van der Waals surface area contributed by atoms with E-state index in [0.717, 1.165) is 29.6 Å². The minimum atomic E-state index is -3.92. The summed E-state index contributed by atoms with van der Waals surface area (Å²) >= 11 is 8.86. The molecule has 5 rings (SSSR count). The number of thioether (sulfide) groups is 2. The molecule has 2 saturated heterocycles. The van der Waals surface area contributed by atoms with Crippen molar-refractivity contribution in [3.63, 3.8) is 0 Å². The van der Waals surface area contributed by atoms with Gasteiger partial charge in [0.05, 0.1) is 19.3 Å². The van der Waals surface area contributed by atoms with E-state index in [9.17, 15) is 42.6 Å². The molecule has 24 heteroatoms. The molecule has 0 aliphatic carbocycles. The van der Waals surface area contributed by atoms with E-state index in [1.54, 1.807) is 6.92 Å². The van der Waals surface area contributed by atoms with Gasteiger partial charge in [-0.2, -0.15) is 4.98 Å². The molecule has 1 unspecified atom stereocenters. The Morgan fingerprint density at radius 3 is 2.61 bits per heavy atom. The first kappa shape index (κ1) is 33.5.